The summed E-state index contributed by atoms with van der Waals surface area (Å²) in [4.78, 5) is 22.6. The van der Waals surface area contributed by atoms with Crippen LogP contribution in [0, 0.1) is 5.82 Å². The summed E-state index contributed by atoms with van der Waals surface area (Å²) in [5.41, 5.74) is 1.32. The van der Waals surface area contributed by atoms with E-state index in [9.17, 15) is 9.18 Å². The molecule has 2 heterocycles. The number of benzene rings is 1. The molecular weight excluding hydrogens is 349 g/mol. The molecule has 0 radical (unpaired) electrons. The largest absolute Gasteiger partial charge is 0.481 e. The van der Waals surface area contributed by atoms with Crippen LogP contribution in [0.2, 0.25) is 5.02 Å². The van der Waals surface area contributed by atoms with Gasteiger partial charge >= 0.3 is 5.97 Å². The van der Waals surface area contributed by atoms with Crippen LogP contribution in [0.4, 0.5) is 4.39 Å². The Morgan fingerprint density at radius 3 is 2.64 bits per heavy atom. The number of aromatic nitrogens is 3. The van der Waals surface area contributed by atoms with Gasteiger partial charge in [-0.25, -0.2) is 19.3 Å². The van der Waals surface area contributed by atoms with Gasteiger partial charge in [0.2, 0.25) is 0 Å². The summed E-state index contributed by atoms with van der Waals surface area (Å²) >= 11 is 5.65. The highest BCUT2D eigenvalue weighted by Gasteiger charge is 2.09. The third kappa shape index (κ3) is 4.27. The zero-order valence-corrected chi connectivity index (χ0v) is 13.4. The van der Waals surface area contributed by atoms with Crippen LogP contribution in [-0.2, 0) is 11.2 Å². The predicted molar refractivity (Wildman–Crippen MR) is 88.1 cm³/mol. The average molecular weight is 360 g/mol. The minimum Gasteiger partial charge on any atom is -0.481 e. The lowest BCUT2D eigenvalue weighted by molar-refractivity contribution is -0.136. The zero-order chi connectivity index (χ0) is 17.8. The first-order valence-corrected chi connectivity index (χ1v) is 7.52. The Labute approximate surface area is 146 Å². The van der Waals surface area contributed by atoms with Gasteiger partial charge in [-0.15, -0.1) is 0 Å². The number of aliphatic carboxylic acids is 1. The quantitative estimate of drug-likeness (QED) is 0.746. The van der Waals surface area contributed by atoms with Crippen molar-refractivity contribution in [2.75, 3.05) is 0 Å². The topological polar surface area (TPSA) is 85.2 Å². The van der Waals surface area contributed by atoms with Gasteiger partial charge < -0.3 is 9.84 Å². The summed E-state index contributed by atoms with van der Waals surface area (Å²) < 4.78 is 19.1. The standard InChI is InChI=1S/C17H11ClFN3O3/c18-11-7-13(19)17(21-9-11)25-12-3-1-10(2-4-12)14-5-6-20-15(22-14)8-16(23)24/h1-7,9H,8H2,(H,23,24). The van der Waals surface area contributed by atoms with Crippen LogP contribution in [0.5, 0.6) is 11.6 Å². The van der Waals surface area contributed by atoms with Crippen LogP contribution in [0.3, 0.4) is 0 Å². The SMILES string of the molecule is O=C(O)Cc1nccc(-c2ccc(Oc3ncc(Cl)cc3F)cc2)n1. The molecule has 0 bridgehead atoms. The van der Waals surface area contributed by atoms with Gasteiger partial charge in [0.05, 0.1) is 10.7 Å². The fourth-order valence-corrected chi connectivity index (χ4v) is 2.21. The molecular formula is C17H11ClFN3O3. The maximum atomic E-state index is 13.7. The average Bonchev–Trinajstić information content (AvgIpc) is 2.58. The maximum Gasteiger partial charge on any atom is 0.311 e. The Kier molecular flexibility index (Phi) is 4.85. The Morgan fingerprint density at radius 2 is 1.96 bits per heavy atom. The third-order valence-electron chi connectivity index (χ3n) is 3.15. The summed E-state index contributed by atoms with van der Waals surface area (Å²) in [7, 11) is 0. The summed E-state index contributed by atoms with van der Waals surface area (Å²) in [5, 5.41) is 8.98. The van der Waals surface area contributed by atoms with Gasteiger partial charge in [0, 0.05) is 18.0 Å². The second-order valence-electron chi connectivity index (χ2n) is 5.00. The molecule has 0 spiro atoms. The highest BCUT2D eigenvalue weighted by Crippen LogP contribution is 2.26. The number of pyridine rings is 1. The van der Waals surface area contributed by atoms with Crippen LogP contribution in [-0.4, -0.2) is 26.0 Å². The van der Waals surface area contributed by atoms with E-state index in [2.05, 4.69) is 15.0 Å². The van der Waals surface area contributed by atoms with Crippen molar-refractivity contribution in [3.8, 4) is 22.9 Å². The maximum absolute atomic E-state index is 13.7. The monoisotopic (exact) mass is 359 g/mol. The smallest absolute Gasteiger partial charge is 0.311 e. The number of carboxylic acid groups (broad SMARTS) is 1. The van der Waals surface area contributed by atoms with Crippen molar-refractivity contribution in [3.63, 3.8) is 0 Å². The Hall–Kier alpha value is -3.06. The van der Waals surface area contributed by atoms with Gasteiger partial charge in [0.15, 0.2) is 5.82 Å². The summed E-state index contributed by atoms with van der Waals surface area (Å²) in [6.45, 7) is 0. The van der Waals surface area contributed by atoms with Crippen LogP contribution in [0.15, 0.2) is 48.8 Å². The molecule has 8 heteroatoms. The van der Waals surface area contributed by atoms with E-state index >= 15 is 0 Å². The molecule has 0 unspecified atom stereocenters. The molecule has 0 atom stereocenters. The van der Waals surface area contributed by atoms with Crippen LogP contribution < -0.4 is 4.74 Å². The number of rotatable bonds is 5. The molecule has 6 nitrogen and oxygen atoms in total. The first-order valence-electron chi connectivity index (χ1n) is 7.14. The summed E-state index contributed by atoms with van der Waals surface area (Å²) in [5.74, 6) is -1.23. The number of halogens is 2. The van der Waals surface area contributed by atoms with Gasteiger partial charge in [-0.2, -0.15) is 0 Å². The Morgan fingerprint density at radius 1 is 1.20 bits per heavy atom. The molecule has 0 aliphatic rings. The van der Waals surface area contributed by atoms with Crippen molar-refractivity contribution in [2.24, 2.45) is 0 Å². The summed E-state index contributed by atoms with van der Waals surface area (Å²) in [6, 6.07) is 9.48. The van der Waals surface area contributed by atoms with Gasteiger partial charge in [-0.3, -0.25) is 4.79 Å². The predicted octanol–water partition coefficient (Wildman–Crippen LogP) is 3.75. The number of ether oxygens (including phenoxy) is 1. The van der Waals surface area contributed by atoms with E-state index in [1.165, 1.54) is 12.4 Å². The molecule has 2 aromatic heterocycles. The van der Waals surface area contributed by atoms with E-state index in [1.54, 1.807) is 30.3 Å². The highest BCUT2D eigenvalue weighted by molar-refractivity contribution is 6.30. The first-order chi connectivity index (χ1) is 12.0. The molecule has 1 aromatic carbocycles. The highest BCUT2D eigenvalue weighted by atomic mass is 35.5. The Balaban J connectivity index is 1.79. The number of carbonyl (C=O) groups is 1. The van der Waals surface area contributed by atoms with E-state index in [0.717, 1.165) is 11.6 Å². The molecule has 126 valence electrons. The van der Waals surface area contributed by atoms with Crippen LogP contribution in [0.25, 0.3) is 11.3 Å². The summed E-state index contributed by atoms with van der Waals surface area (Å²) in [6.07, 6.45) is 2.54. The number of hydrogen-bond donors (Lipinski definition) is 1. The third-order valence-corrected chi connectivity index (χ3v) is 3.36. The lowest BCUT2D eigenvalue weighted by atomic mass is 10.1. The molecule has 0 aliphatic carbocycles. The fraction of sp³-hybridized carbons (Fsp3) is 0.0588. The number of nitrogens with zero attached hydrogens (tertiary/aromatic N) is 3. The molecule has 3 aromatic rings. The van der Waals surface area contributed by atoms with E-state index in [1.807, 2.05) is 0 Å². The van der Waals surface area contributed by atoms with Crippen molar-refractivity contribution >= 4 is 17.6 Å². The van der Waals surface area contributed by atoms with E-state index in [-0.39, 0.29) is 23.1 Å². The molecule has 0 aliphatic heterocycles. The van der Waals surface area contributed by atoms with Crippen LogP contribution >= 0.6 is 11.6 Å². The lowest BCUT2D eigenvalue weighted by Crippen LogP contribution is -2.05. The van der Waals surface area contributed by atoms with Gasteiger partial charge in [-0.1, -0.05) is 11.6 Å². The molecule has 0 fully saturated rings. The second-order valence-corrected chi connectivity index (χ2v) is 5.43. The minimum atomic E-state index is -1.00. The number of carboxylic acids is 1. The van der Waals surface area contributed by atoms with E-state index in [0.29, 0.717) is 11.4 Å². The number of hydrogen-bond acceptors (Lipinski definition) is 5. The molecule has 0 amide bonds. The molecule has 0 saturated heterocycles. The van der Waals surface area contributed by atoms with Crippen LogP contribution in [0.1, 0.15) is 5.82 Å². The van der Waals surface area contributed by atoms with Crippen molar-refractivity contribution in [1.82, 2.24) is 15.0 Å². The Bertz CT molecular complexity index is 919. The lowest BCUT2D eigenvalue weighted by Gasteiger charge is -2.07. The van der Waals surface area contributed by atoms with Crippen molar-refractivity contribution in [1.29, 1.82) is 0 Å². The normalized spacial score (nSPS) is 10.5. The molecule has 3 rings (SSSR count). The van der Waals surface area contributed by atoms with E-state index < -0.39 is 11.8 Å². The van der Waals surface area contributed by atoms with Crippen molar-refractivity contribution < 1.29 is 19.0 Å². The van der Waals surface area contributed by atoms with Crippen molar-refractivity contribution in [2.45, 2.75) is 6.42 Å². The van der Waals surface area contributed by atoms with Gasteiger partial charge in [0.25, 0.3) is 5.88 Å². The van der Waals surface area contributed by atoms with Gasteiger partial charge in [-0.05, 0) is 36.4 Å². The minimum absolute atomic E-state index is 0.178. The first kappa shape index (κ1) is 16.8. The second kappa shape index (κ2) is 7.23. The zero-order valence-electron chi connectivity index (χ0n) is 12.7. The fourth-order valence-electron chi connectivity index (χ4n) is 2.06. The van der Waals surface area contributed by atoms with Gasteiger partial charge in [0.1, 0.15) is 18.0 Å². The molecule has 1 N–H and O–H groups in total. The van der Waals surface area contributed by atoms with E-state index in [4.69, 9.17) is 21.4 Å². The molecule has 25 heavy (non-hydrogen) atoms. The van der Waals surface area contributed by atoms with Crippen molar-refractivity contribution in [3.05, 3.63) is 65.5 Å². The molecule has 0 saturated carbocycles.